The van der Waals surface area contributed by atoms with Crippen molar-refractivity contribution in [2.24, 2.45) is 0 Å². The molecule has 3 aromatic carbocycles. The number of halogens is 2. The highest BCUT2D eigenvalue weighted by Crippen LogP contribution is 2.32. The number of para-hydroxylation sites is 1. The maximum Gasteiger partial charge on any atom is 0.336 e. The first kappa shape index (κ1) is 19.0. The second-order valence-electron chi connectivity index (χ2n) is 5.59. The van der Waals surface area contributed by atoms with Crippen LogP contribution in [0.1, 0.15) is 5.56 Å². The fourth-order valence-corrected chi connectivity index (χ4v) is 2.86. The average molecular weight is 401 g/mol. The monoisotopic (exact) mass is 400 g/mol. The number of carbonyl (C=O) groups excluding carboxylic acids is 2. The van der Waals surface area contributed by atoms with Gasteiger partial charge in [0.1, 0.15) is 6.61 Å². The molecular formula is C21H14Cl2O4. The van der Waals surface area contributed by atoms with E-state index in [9.17, 15) is 9.59 Å². The fraction of sp³-hybridized carbons (Fsp3) is 0.0476. The molecule has 0 saturated carbocycles. The molecule has 0 aliphatic heterocycles. The maximum absolute atomic E-state index is 11.8. The van der Waals surface area contributed by atoms with E-state index in [4.69, 9.17) is 32.7 Å². The van der Waals surface area contributed by atoms with E-state index in [0.29, 0.717) is 0 Å². The van der Waals surface area contributed by atoms with Gasteiger partial charge in [0.25, 0.3) is 0 Å². The topological polar surface area (TPSA) is 52.6 Å². The average Bonchev–Trinajstić information content (AvgIpc) is 2.67. The maximum atomic E-state index is 11.8. The standard InChI is InChI=1S/C21H14Cl2O4/c22-17-6-3-7-18(23)21(17)27-20(25)11-10-19(24)26-13-14-8-9-15-4-1-2-5-16(15)12-14/h1-12H,13H2/b11-10+. The Hall–Kier alpha value is -2.82. The minimum atomic E-state index is -0.785. The molecule has 3 rings (SSSR count). The molecule has 0 aliphatic rings. The lowest BCUT2D eigenvalue weighted by molar-refractivity contribution is -0.139. The summed E-state index contributed by atoms with van der Waals surface area (Å²) in [6.07, 6.45) is 1.95. The van der Waals surface area contributed by atoms with Crippen LogP contribution >= 0.6 is 23.2 Å². The predicted molar refractivity (Wildman–Crippen MR) is 105 cm³/mol. The zero-order chi connectivity index (χ0) is 19.2. The van der Waals surface area contributed by atoms with Gasteiger partial charge < -0.3 is 9.47 Å². The number of benzene rings is 3. The molecule has 0 fully saturated rings. The fourth-order valence-electron chi connectivity index (χ4n) is 2.38. The molecule has 0 radical (unpaired) electrons. The van der Waals surface area contributed by atoms with Crippen LogP contribution in [0.3, 0.4) is 0 Å². The van der Waals surface area contributed by atoms with Gasteiger partial charge in [-0.3, -0.25) is 0 Å². The second-order valence-corrected chi connectivity index (χ2v) is 6.41. The van der Waals surface area contributed by atoms with E-state index in [0.717, 1.165) is 28.5 Å². The van der Waals surface area contributed by atoms with Gasteiger partial charge in [-0.05, 0) is 34.5 Å². The van der Waals surface area contributed by atoms with Crippen molar-refractivity contribution in [3.63, 3.8) is 0 Å². The summed E-state index contributed by atoms with van der Waals surface area (Å²) in [5, 5.41) is 2.56. The normalized spacial score (nSPS) is 10.9. The Morgan fingerprint density at radius 2 is 1.48 bits per heavy atom. The Balaban J connectivity index is 1.55. The molecule has 0 bridgehead atoms. The molecule has 0 unspecified atom stereocenters. The third-order valence-electron chi connectivity index (χ3n) is 3.67. The SMILES string of the molecule is O=C(/C=C/C(=O)Oc1c(Cl)cccc1Cl)OCc1ccc2ccccc2c1. The third kappa shape index (κ3) is 5.09. The van der Waals surface area contributed by atoms with Crippen LogP contribution < -0.4 is 4.74 Å². The number of esters is 2. The van der Waals surface area contributed by atoms with Gasteiger partial charge in [-0.15, -0.1) is 0 Å². The number of hydrogen-bond acceptors (Lipinski definition) is 4. The molecule has 27 heavy (non-hydrogen) atoms. The molecule has 4 nitrogen and oxygen atoms in total. The molecule has 0 aliphatic carbocycles. The summed E-state index contributed by atoms with van der Waals surface area (Å²) in [5.74, 6) is -1.40. The van der Waals surface area contributed by atoms with Gasteiger partial charge in [-0.1, -0.05) is 65.7 Å². The molecule has 0 spiro atoms. The predicted octanol–water partition coefficient (Wildman–Crippen LogP) is 5.35. The number of carbonyl (C=O) groups is 2. The largest absolute Gasteiger partial charge is 0.458 e. The molecule has 0 aromatic heterocycles. The van der Waals surface area contributed by atoms with Crippen LogP contribution in [-0.2, 0) is 20.9 Å². The van der Waals surface area contributed by atoms with E-state index < -0.39 is 11.9 Å². The van der Waals surface area contributed by atoms with Crippen molar-refractivity contribution < 1.29 is 19.1 Å². The second kappa shape index (κ2) is 8.71. The van der Waals surface area contributed by atoms with E-state index in [1.165, 1.54) is 12.1 Å². The van der Waals surface area contributed by atoms with Crippen LogP contribution in [0.25, 0.3) is 10.8 Å². The van der Waals surface area contributed by atoms with Crippen molar-refractivity contribution in [1.29, 1.82) is 0 Å². The lowest BCUT2D eigenvalue weighted by Crippen LogP contribution is -2.07. The summed E-state index contributed by atoms with van der Waals surface area (Å²) in [6.45, 7) is 0.0966. The van der Waals surface area contributed by atoms with E-state index in [1.807, 2.05) is 42.5 Å². The zero-order valence-corrected chi connectivity index (χ0v) is 15.5. The summed E-state index contributed by atoms with van der Waals surface area (Å²) in [5.41, 5.74) is 0.848. The van der Waals surface area contributed by atoms with Crippen LogP contribution in [0.5, 0.6) is 5.75 Å². The van der Waals surface area contributed by atoms with Gasteiger partial charge in [0.2, 0.25) is 0 Å². The van der Waals surface area contributed by atoms with Gasteiger partial charge in [-0.25, -0.2) is 9.59 Å². The minimum Gasteiger partial charge on any atom is -0.458 e. The van der Waals surface area contributed by atoms with E-state index in [2.05, 4.69) is 0 Å². The molecule has 0 heterocycles. The summed E-state index contributed by atoms with van der Waals surface area (Å²) in [6, 6.07) is 18.4. The van der Waals surface area contributed by atoms with Crippen LogP contribution in [-0.4, -0.2) is 11.9 Å². The Labute approximate surface area is 165 Å². The third-order valence-corrected chi connectivity index (χ3v) is 4.27. The molecular weight excluding hydrogens is 387 g/mol. The van der Waals surface area contributed by atoms with Crippen molar-refractivity contribution in [1.82, 2.24) is 0 Å². The Morgan fingerprint density at radius 3 is 2.22 bits per heavy atom. The molecule has 136 valence electrons. The first-order valence-corrected chi connectivity index (χ1v) is 8.77. The van der Waals surface area contributed by atoms with E-state index in [-0.39, 0.29) is 22.4 Å². The lowest BCUT2D eigenvalue weighted by atomic mass is 10.1. The molecule has 0 saturated heterocycles. The van der Waals surface area contributed by atoms with Crippen molar-refractivity contribution in [2.45, 2.75) is 6.61 Å². The number of ether oxygens (including phenoxy) is 2. The summed E-state index contributed by atoms with van der Waals surface area (Å²) >= 11 is 11.8. The van der Waals surface area contributed by atoms with E-state index in [1.54, 1.807) is 6.07 Å². The zero-order valence-electron chi connectivity index (χ0n) is 14.0. The quantitative estimate of drug-likeness (QED) is 0.329. The van der Waals surface area contributed by atoms with Gasteiger partial charge >= 0.3 is 11.9 Å². The summed E-state index contributed by atoms with van der Waals surface area (Å²) in [4.78, 5) is 23.6. The Kier molecular flexibility index (Phi) is 6.12. The highest BCUT2D eigenvalue weighted by molar-refractivity contribution is 6.37. The van der Waals surface area contributed by atoms with Gasteiger partial charge in [-0.2, -0.15) is 0 Å². The van der Waals surface area contributed by atoms with Crippen LogP contribution in [0.15, 0.2) is 72.8 Å². The number of rotatable bonds is 5. The smallest absolute Gasteiger partial charge is 0.336 e. The summed E-state index contributed by atoms with van der Waals surface area (Å²) in [7, 11) is 0. The molecule has 3 aromatic rings. The first-order chi connectivity index (χ1) is 13.0. The minimum absolute atomic E-state index is 0.0417. The molecule has 0 N–H and O–H groups in total. The summed E-state index contributed by atoms with van der Waals surface area (Å²) < 4.78 is 10.2. The van der Waals surface area contributed by atoms with Crippen molar-refractivity contribution in [3.05, 3.63) is 88.4 Å². The number of fused-ring (bicyclic) bond motifs is 1. The Bertz CT molecular complexity index is 1010. The first-order valence-electron chi connectivity index (χ1n) is 8.01. The highest BCUT2D eigenvalue weighted by Gasteiger charge is 2.10. The van der Waals surface area contributed by atoms with Crippen molar-refractivity contribution in [3.8, 4) is 5.75 Å². The van der Waals surface area contributed by atoms with Crippen LogP contribution in [0.4, 0.5) is 0 Å². The van der Waals surface area contributed by atoms with Crippen molar-refractivity contribution >= 4 is 45.9 Å². The van der Waals surface area contributed by atoms with Gasteiger partial charge in [0.15, 0.2) is 5.75 Å². The van der Waals surface area contributed by atoms with Crippen LogP contribution in [0, 0.1) is 0 Å². The Morgan fingerprint density at radius 1 is 0.815 bits per heavy atom. The molecule has 0 atom stereocenters. The molecule has 6 heteroatoms. The number of hydrogen-bond donors (Lipinski definition) is 0. The molecule has 0 amide bonds. The highest BCUT2D eigenvalue weighted by atomic mass is 35.5. The van der Waals surface area contributed by atoms with Gasteiger partial charge in [0, 0.05) is 12.2 Å². The lowest BCUT2D eigenvalue weighted by Gasteiger charge is -2.06. The van der Waals surface area contributed by atoms with Gasteiger partial charge in [0.05, 0.1) is 10.0 Å². The van der Waals surface area contributed by atoms with Crippen LogP contribution in [0.2, 0.25) is 10.0 Å². The van der Waals surface area contributed by atoms with E-state index >= 15 is 0 Å². The van der Waals surface area contributed by atoms with Crippen molar-refractivity contribution in [2.75, 3.05) is 0 Å².